The highest BCUT2D eigenvalue weighted by Crippen LogP contribution is 2.34. The molecular formula is C20H25F3N4O2. The van der Waals surface area contributed by atoms with Gasteiger partial charge in [-0.1, -0.05) is 12.1 Å². The van der Waals surface area contributed by atoms with Gasteiger partial charge < -0.3 is 15.0 Å². The van der Waals surface area contributed by atoms with Gasteiger partial charge in [-0.15, -0.1) is 0 Å². The van der Waals surface area contributed by atoms with E-state index in [-0.39, 0.29) is 17.9 Å². The van der Waals surface area contributed by atoms with Crippen molar-refractivity contribution in [2.75, 3.05) is 39.9 Å². The number of amides is 2. The predicted molar refractivity (Wildman–Crippen MR) is 105 cm³/mol. The summed E-state index contributed by atoms with van der Waals surface area (Å²) < 4.78 is 43.6. The molecule has 0 bridgehead atoms. The second-order valence-corrected chi connectivity index (χ2v) is 7.35. The average molecular weight is 410 g/mol. The van der Waals surface area contributed by atoms with Gasteiger partial charge in [0.05, 0.1) is 18.7 Å². The first-order valence-electron chi connectivity index (χ1n) is 9.55. The number of hydrogen-bond acceptors (Lipinski definition) is 4. The van der Waals surface area contributed by atoms with Crippen LogP contribution in [0.3, 0.4) is 0 Å². The number of hydrogen-bond donors (Lipinski definition) is 1. The van der Waals surface area contributed by atoms with E-state index in [1.807, 2.05) is 6.92 Å². The van der Waals surface area contributed by atoms with Crippen molar-refractivity contribution in [2.45, 2.75) is 25.4 Å². The number of piperidine rings is 1. The Kier molecular flexibility index (Phi) is 6.56. The van der Waals surface area contributed by atoms with E-state index in [4.69, 9.17) is 4.74 Å². The van der Waals surface area contributed by atoms with Crippen LogP contribution in [-0.4, -0.2) is 62.4 Å². The SMILES string of the molecule is COCCNC(=O)N1CC(C2=NC(C)=NC2)CC(c2ccc(C(F)(F)F)cc2)C1. The molecule has 1 aromatic rings. The normalized spacial score (nSPS) is 22.3. The molecule has 3 rings (SSSR count). The zero-order valence-corrected chi connectivity index (χ0v) is 16.5. The first-order chi connectivity index (χ1) is 13.8. The lowest BCUT2D eigenvalue weighted by Gasteiger charge is -2.38. The lowest BCUT2D eigenvalue weighted by molar-refractivity contribution is -0.137. The summed E-state index contributed by atoms with van der Waals surface area (Å²) in [6, 6.07) is 5.01. The van der Waals surface area contributed by atoms with Crippen molar-refractivity contribution >= 4 is 17.6 Å². The molecule has 2 heterocycles. The largest absolute Gasteiger partial charge is 0.416 e. The maximum Gasteiger partial charge on any atom is 0.416 e. The third-order valence-electron chi connectivity index (χ3n) is 5.28. The Hall–Kier alpha value is -2.42. The summed E-state index contributed by atoms with van der Waals surface area (Å²) in [4.78, 5) is 23.1. The van der Waals surface area contributed by atoms with E-state index in [1.165, 1.54) is 12.1 Å². The molecule has 1 aromatic carbocycles. The molecular weight excluding hydrogens is 385 g/mol. The third-order valence-corrected chi connectivity index (χ3v) is 5.28. The van der Waals surface area contributed by atoms with E-state index < -0.39 is 11.7 Å². The molecule has 9 heteroatoms. The number of carbonyl (C=O) groups excluding carboxylic acids is 1. The molecule has 1 saturated heterocycles. The number of methoxy groups -OCH3 is 1. The Balaban J connectivity index is 1.78. The summed E-state index contributed by atoms with van der Waals surface area (Å²) in [5, 5.41) is 2.82. The number of urea groups is 1. The van der Waals surface area contributed by atoms with Crippen molar-refractivity contribution in [2.24, 2.45) is 15.9 Å². The van der Waals surface area contributed by atoms with Crippen LogP contribution in [0.2, 0.25) is 0 Å². The maximum atomic E-state index is 12.9. The maximum absolute atomic E-state index is 12.9. The number of amidine groups is 1. The number of halogens is 3. The number of carbonyl (C=O) groups is 1. The molecule has 1 N–H and O–H groups in total. The molecule has 2 amide bonds. The number of ether oxygens (including phenoxy) is 1. The molecule has 6 nitrogen and oxygen atoms in total. The number of benzene rings is 1. The monoisotopic (exact) mass is 410 g/mol. The van der Waals surface area contributed by atoms with E-state index in [0.717, 1.165) is 29.8 Å². The lowest BCUT2D eigenvalue weighted by atomic mass is 9.82. The van der Waals surface area contributed by atoms with Gasteiger partial charge in [0.15, 0.2) is 0 Å². The minimum absolute atomic E-state index is 0.0189. The molecule has 158 valence electrons. The molecule has 1 fully saturated rings. The Bertz CT molecular complexity index is 790. The zero-order valence-electron chi connectivity index (χ0n) is 16.5. The first kappa shape index (κ1) is 21.3. The molecule has 0 radical (unpaired) electrons. The average Bonchev–Trinajstić information content (AvgIpc) is 3.13. The Morgan fingerprint density at radius 1 is 1.24 bits per heavy atom. The lowest BCUT2D eigenvalue weighted by Crippen LogP contribution is -2.50. The van der Waals surface area contributed by atoms with Crippen LogP contribution in [-0.2, 0) is 10.9 Å². The van der Waals surface area contributed by atoms with Crippen LogP contribution >= 0.6 is 0 Å². The molecule has 29 heavy (non-hydrogen) atoms. The minimum Gasteiger partial charge on any atom is -0.383 e. The Labute approximate surface area is 167 Å². The van der Waals surface area contributed by atoms with E-state index in [1.54, 1.807) is 12.0 Å². The van der Waals surface area contributed by atoms with E-state index in [9.17, 15) is 18.0 Å². The molecule has 0 aliphatic carbocycles. The summed E-state index contributed by atoms with van der Waals surface area (Å²) >= 11 is 0. The van der Waals surface area contributed by atoms with Gasteiger partial charge in [-0.3, -0.25) is 4.99 Å². The van der Waals surface area contributed by atoms with Gasteiger partial charge in [-0.05, 0) is 31.0 Å². The number of alkyl halides is 3. The van der Waals surface area contributed by atoms with Gasteiger partial charge in [0.25, 0.3) is 0 Å². The molecule has 2 aliphatic heterocycles. The minimum atomic E-state index is -4.37. The standard InChI is InChI=1S/C20H25F3N4O2/c1-13-25-10-18(26-13)16-9-15(11-27(12-16)19(28)24-7-8-29-2)14-3-5-17(6-4-14)20(21,22)23/h3-6,15-16H,7-12H2,1-2H3,(H,24,28). The smallest absolute Gasteiger partial charge is 0.383 e. The summed E-state index contributed by atoms with van der Waals surface area (Å²) in [5.74, 6) is 0.658. The van der Waals surface area contributed by atoms with Crippen molar-refractivity contribution < 1.29 is 22.7 Å². The molecule has 2 atom stereocenters. The van der Waals surface area contributed by atoms with Crippen LogP contribution in [0.5, 0.6) is 0 Å². The summed E-state index contributed by atoms with van der Waals surface area (Å²) in [6.07, 6.45) is -3.65. The second kappa shape index (κ2) is 8.94. The van der Waals surface area contributed by atoms with Crippen LogP contribution in [0.4, 0.5) is 18.0 Å². The number of nitrogens with zero attached hydrogens (tertiary/aromatic N) is 3. The molecule has 2 aliphatic rings. The van der Waals surface area contributed by atoms with Gasteiger partial charge >= 0.3 is 12.2 Å². The second-order valence-electron chi connectivity index (χ2n) is 7.35. The molecule has 0 aromatic heterocycles. The predicted octanol–water partition coefficient (Wildman–Crippen LogP) is 3.34. The van der Waals surface area contributed by atoms with Gasteiger partial charge in [0.1, 0.15) is 5.84 Å². The quantitative estimate of drug-likeness (QED) is 0.757. The molecule has 2 unspecified atom stereocenters. The Morgan fingerprint density at radius 3 is 2.52 bits per heavy atom. The number of likely N-dealkylation sites (tertiary alicyclic amines) is 1. The number of nitrogens with one attached hydrogen (secondary N) is 1. The summed E-state index contributed by atoms with van der Waals surface area (Å²) in [6.45, 7) is 4.09. The van der Waals surface area contributed by atoms with Gasteiger partial charge in [-0.25, -0.2) is 9.79 Å². The van der Waals surface area contributed by atoms with E-state index in [2.05, 4.69) is 15.3 Å². The highest BCUT2D eigenvalue weighted by atomic mass is 19.4. The van der Waals surface area contributed by atoms with Gasteiger partial charge in [0.2, 0.25) is 0 Å². The summed E-state index contributed by atoms with van der Waals surface area (Å²) in [5.41, 5.74) is 1.04. The van der Waals surface area contributed by atoms with Crippen LogP contribution < -0.4 is 5.32 Å². The highest BCUT2D eigenvalue weighted by molar-refractivity contribution is 6.04. The topological polar surface area (TPSA) is 66.3 Å². The first-order valence-corrected chi connectivity index (χ1v) is 9.55. The van der Waals surface area contributed by atoms with Crippen molar-refractivity contribution in [3.05, 3.63) is 35.4 Å². The number of aliphatic imine (C=N–C) groups is 2. The Morgan fingerprint density at radius 2 is 1.93 bits per heavy atom. The summed E-state index contributed by atoms with van der Waals surface area (Å²) in [7, 11) is 1.56. The van der Waals surface area contributed by atoms with Crippen molar-refractivity contribution in [1.82, 2.24) is 10.2 Å². The fourth-order valence-electron chi connectivity index (χ4n) is 3.76. The van der Waals surface area contributed by atoms with E-state index in [0.29, 0.717) is 38.6 Å². The van der Waals surface area contributed by atoms with Gasteiger partial charge in [0, 0.05) is 44.3 Å². The van der Waals surface area contributed by atoms with Crippen molar-refractivity contribution in [3.63, 3.8) is 0 Å². The molecule has 0 spiro atoms. The fraction of sp³-hybridized carbons (Fsp3) is 0.550. The van der Waals surface area contributed by atoms with Crippen molar-refractivity contribution in [1.29, 1.82) is 0 Å². The number of rotatable bonds is 5. The van der Waals surface area contributed by atoms with Crippen LogP contribution in [0.25, 0.3) is 0 Å². The van der Waals surface area contributed by atoms with Crippen LogP contribution in [0.1, 0.15) is 30.4 Å². The van der Waals surface area contributed by atoms with Crippen LogP contribution in [0.15, 0.2) is 34.3 Å². The molecule has 0 saturated carbocycles. The third kappa shape index (κ3) is 5.35. The zero-order chi connectivity index (χ0) is 21.0. The van der Waals surface area contributed by atoms with E-state index >= 15 is 0 Å². The fourth-order valence-corrected chi connectivity index (χ4v) is 3.76. The van der Waals surface area contributed by atoms with Crippen LogP contribution in [0, 0.1) is 5.92 Å². The highest BCUT2D eigenvalue weighted by Gasteiger charge is 2.35. The van der Waals surface area contributed by atoms with Crippen molar-refractivity contribution in [3.8, 4) is 0 Å². The van der Waals surface area contributed by atoms with Gasteiger partial charge in [-0.2, -0.15) is 13.2 Å².